The summed E-state index contributed by atoms with van der Waals surface area (Å²) in [5.41, 5.74) is 0. The molecule has 0 spiro atoms. The van der Waals surface area contributed by atoms with Crippen LogP contribution in [-0.2, 0) is 4.79 Å². The molecular weight excluding hydrogens is 353 g/mol. The van der Waals surface area contributed by atoms with Crippen molar-refractivity contribution in [2.75, 3.05) is 39.3 Å². The number of carbonyl (C=O) groups excluding carboxylic acids is 1. The van der Waals surface area contributed by atoms with E-state index in [2.05, 4.69) is 31.5 Å². The van der Waals surface area contributed by atoms with Gasteiger partial charge in [0, 0.05) is 39.3 Å². The highest BCUT2D eigenvalue weighted by atomic mass is 79.9. The molecule has 7 heteroatoms. The molecule has 1 unspecified atom stereocenters. The molecule has 1 fully saturated rings. The average Bonchev–Trinajstić information content (AvgIpc) is 2.51. The Morgan fingerprint density at radius 3 is 2.91 bits per heavy atom. The summed E-state index contributed by atoms with van der Waals surface area (Å²) in [5, 5.41) is 6.15. The van der Waals surface area contributed by atoms with Gasteiger partial charge < -0.3 is 15.4 Å². The summed E-state index contributed by atoms with van der Waals surface area (Å²) < 4.78 is 19.1. The molecule has 1 aliphatic heterocycles. The lowest BCUT2D eigenvalue weighted by molar-refractivity contribution is -0.127. The molecule has 1 saturated heterocycles. The Kier molecular flexibility index (Phi) is 6.60. The molecule has 0 aliphatic carbocycles. The van der Waals surface area contributed by atoms with E-state index in [9.17, 15) is 9.18 Å². The molecule has 0 saturated carbocycles. The number of halogens is 2. The summed E-state index contributed by atoms with van der Waals surface area (Å²) in [6.07, 6.45) is -0.634. The maximum Gasteiger partial charge on any atom is 0.260 e. The van der Waals surface area contributed by atoms with Gasteiger partial charge in [0.1, 0.15) is 11.6 Å². The predicted octanol–water partition coefficient (Wildman–Crippen LogP) is 1.38. The number of ether oxygens (including phenoxy) is 1. The number of nitrogens with zero attached hydrogens (tertiary/aromatic N) is 1. The van der Waals surface area contributed by atoms with Gasteiger partial charge in [-0.25, -0.2) is 4.39 Å². The highest BCUT2D eigenvalue weighted by molar-refractivity contribution is 9.10. The molecule has 22 heavy (non-hydrogen) atoms. The topological polar surface area (TPSA) is 53.6 Å². The van der Waals surface area contributed by atoms with Crippen LogP contribution in [0.25, 0.3) is 0 Å². The molecule has 0 aromatic heterocycles. The molecule has 122 valence electrons. The van der Waals surface area contributed by atoms with Gasteiger partial charge in [0.25, 0.3) is 5.91 Å². The molecule has 1 aromatic carbocycles. The second-order valence-corrected chi connectivity index (χ2v) is 6.07. The van der Waals surface area contributed by atoms with Gasteiger partial charge in [-0.15, -0.1) is 0 Å². The Labute approximate surface area is 138 Å². The molecule has 5 nitrogen and oxygen atoms in total. The van der Waals surface area contributed by atoms with E-state index in [-0.39, 0.29) is 11.7 Å². The second kappa shape index (κ2) is 8.45. The first-order valence-corrected chi connectivity index (χ1v) is 8.18. The molecule has 0 bridgehead atoms. The lowest BCUT2D eigenvalue weighted by Gasteiger charge is -2.27. The number of benzene rings is 1. The minimum atomic E-state index is -0.634. The van der Waals surface area contributed by atoms with Gasteiger partial charge >= 0.3 is 0 Å². The SMILES string of the molecule is CC(Oc1ccc(F)cc1Br)C(=O)NCCN1CCNCC1. The number of carbonyl (C=O) groups is 1. The minimum absolute atomic E-state index is 0.175. The van der Waals surface area contributed by atoms with Crippen molar-refractivity contribution >= 4 is 21.8 Å². The van der Waals surface area contributed by atoms with Crippen molar-refractivity contribution in [3.8, 4) is 5.75 Å². The quantitative estimate of drug-likeness (QED) is 0.790. The van der Waals surface area contributed by atoms with Crippen LogP contribution in [0.2, 0.25) is 0 Å². The summed E-state index contributed by atoms with van der Waals surface area (Å²) in [6.45, 7) is 7.10. The molecule has 1 atom stereocenters. The van der Waals surface area contributed by atoms with Crippen molar-refractivity contribution in [3.05, 3.63) is 28.5 Å². The summed E-state index contributed by atoms with van der Waals surface area (Å²) in [7, 11) is 0. The summed E-state index contributed by atoms with van der Waals surface area (Å²) in [6, 6.07) is 4.11. The van der Waals surface area contributed by atoms with E-state index in [0.717, 1.165) is 32.7 Å². The van der Waals surface area contributed by atoms with E-state index < -0.39 is 6.10 Å². The molecule has 1 aromatic rings. The van der Waals surface area contributed by atoms with Crippen molar-refractivity contribution in [2.24, 2.45) is 0 Å². The monoisotopic (exact) mass is 373 g/mol. The molecule has 2 rings (SSSR count). The maximum atomic E-state index is 13.0. The van der Waals surface area contributed by atoms with Crippen molar-refractivity contribution in [2.45, 2.75) is 13.0 Å². The van der Waals surface area contributed by atoms with Crippen LogP contribution >= 0.6 is 15.9 Å². The third-order valence-electron chi connectivity index (χ3n) is 3.50. The van der Waals surface area contributed by atoms with E-state index >= 15 is 0 Å². The van der Waals surface area contributed by atoms with E-state index in [1.165, 1.54) is 18.2 Å². The zero-order valence-electron chi connectivity index (χ0n) is 12.6. The standard InChI is InChI=1S/C15H21BrFN3O2/c1-11(22-14-3-2-12(17)10-13(14)16)15(21)19-6-9-20-7-4-18-5-8-20/h2-3,10-11,18H,4-9H2,1H3,(H,19,21). The van der Waals surface area contributed by atoms with Crippen LogP contribution in [0.4, 0.5) is 4.39 Å². The van der Waals surface area contributed by atoms with Crippen LogP contribution in [0, 0.1) is 5.82 Å². The number of nitrogens with one attached hydrogen (secondary N) is 2. The van der Waals surface area contributed by atoms with Crippen LogP contribution in [0.15, 0.2) is 22.7 Å². The van der Waals surface area contributed by atoms with E-state index in [1.54, 1.807) is 6.92 Å². The smallest absolute Gasteiger partial charge is 0.260 e. The third kappa shape index (κ3) is 5.23. The minimum Gasteiger partial charge on any atom is -0.480 e. The van der Waals surface area contributed by atoms with Crippen LogP contribution in [0.5, 0.6) is 5.75 Å². The zero-order chi connectivity index (χ0) is 15.9. The number of rotatable bonds is 6. The maximum absolute atomic E-state index is 13.0. The summed E-state index contributed by atoms with van der Waals surface area (Å²) in [4.78, 5) is 14.3. The second-order valence-electron chi connectivity index (χ2n) is 5.22. The average molecular weight is 374 g/mol. The van der Waals surface area contributed by atoms with Crippen LogP contribution in [-0.4, -0.2) is 56.2 Å². The molecule has 1 heterocycles. The number of hydrogen-bond acceptors (Lipinski definition) is 4. The van der Waals surface area contributed by atoms with Crippen LogP contribution in [0.3, 0.4) is 0 Å². The Hall–Kier alpha value is -1.18. The van der Waals surface area contributed by atoms with Gasteiger partial charge in [0.15, 0.2) is 6.10 Å². The fourth-order valence-electron chi connectivity index (χ4n) is 2.23. The Balaban J connectivity index is 1.74. The van der Waals surface area contributed by atoms with Crippen molar-refractivity contribution in [1.29, 1.82) is 0 Å². The largest absolute Gasteiger partial charge is 0.480 e. The first kappa shape index (κ1) is 17.2. The fourth-order valence-corrected chi connectivity index (χ4v) is 2.67. The number of piperazine rings is 1. The molecule has 1 aliphatic rings. The number of amides is 1. The van der Waals surface area contributed by atoms with Gasteiger partial charge in [0.05, 0.1) is 4.47 Å². The lowest BCUT2D eigenvalue weighted by Crippen LogP contribution is -2.47. The number of hydrogen-bond donors (Lipinski definition) is 2. The highest BCUT2D eigenvalue weighted by Crippen LogP contribution is 2.26. The molecular formula is C15H21BrFN3O2. The van der Waals surface area contributed by atoms with Crippen LogP contribution < -0.4 is 15.4 Å². The Morgan fingerprint density at radius 2 is 2.23 bits per heavy atom. The first-order valence-electron chi connectivity index (χ1n) is 7.39. The van der Waals surface area contributed by atoms with Gasteiger partial charge in [-0.3, -0.25) is 9.69 Å². The lowest BCUT2D eigenvalue weighted by atomic mass is 10.3. The van der Waals surface area contributed by atoms with E-state index in [0.29, 0.717) is 16.8 Å². The zero-order valence-corrected chi connectivity index (χ0v) is 14.2. The van der Waals surface area contributed by atoms with Crippen molar-refractivity contribution in [1.82, 2.24) is 15.5 Å². The van der Waals surface area contributed by atoms with Crippen molar-refractivity contribution < 1.29 is 13.9 Å². The summed E-state index contributed by atoms with van der Waals surface area (Å²) >= 11 is 3.22. The third-order valence-corrected chi connectivity index (χ3v) is 4.12. The first-order chi connectivity index (χ1) is 10.6. The van der Waals surface area contributed by atoms with Crippen molar-refractivity contribution in [3.63, 3.8) is 0 Å². The Morgan fingerprint density at radius 1 is 1.50 bits per heavy atom. The Bertz CT molecular complexity index is 510. The normalized spacial score (nSPS) is 17.0. The molecule has 2 N–H and O–H groups in total. The molecule has 0 radical (unpaired) electrons. The van der Waals surface area contributed by atoms with Gasteiger partial charge in [-0.05, 0) is 41.1 Å². The molecule has 1 amide bonds. The van der Waals surface area contributed by atoms with E-state index in [1.807, 2.05) is 0 Å². The predicted molar refractivity (Wildman–Crippen MR) is 86.5 cm³/mol. The fraction of sp³-hybridized carbons (Fsp3) is 0.533. The van der Waals surface area contributed by atoms with Crippen LogP contribution in [0.1, 0.15) is 6.92 Å². The highest BCUT2D eigenvalue weighted by Gasteiger charge is 2.16. The van der Waals surface area contributed by atoms with Gasteiger partial charge in [-0.2, -0.15) is 0 Å². The van der Waals surface area contributed by atoms with Gasteiger partial charge in [-0.1, -0.05) is 0 Å². The van der Waals surface area contributed by atoms with Gasteiger partial charge in [0.2, 0.25) is 0 Å². The summed E-state index contributed by atoms with van der Waals surface area (Å²) in [5.74, 6) is -0.0788. The van der Waals surface area contributed by atoms with E-state index in [4.69, 9.17) is 4.74 Å².